The summed E-state index contributed by atoms with van der Waals surface area (Å²) in [5.41, 5.74) is 1.51. The molecule has 1 atom stereocenters. The maximum Gasteiger partial charge on any atom is 0.319 e. The van der Waals surface area contributed by atoms with Crippen molar-refractivity contribution in [1.29, 1.82) is 0 Å². The number of halogens is 1. The molecule has 0 radical (unpaired) electrons. The highest BCUT2D eigenvalue weighted by atomic mass is 19.1. The molecule has 2 rings (SSSR count). The summed E-state index contributed by atoms with van der Waals surface area (Å²) in [7, 11) is 0. The maximum absolute atomic E-state index is 13.7. The van der Waals surface area contributed by atoms with Crippen molar-refractivity contribution in [1.82, 2.24) is 5.32 Å². The summed E-state index contributed by atoms with van der Waals surface area (Å²) in [6.07, 6.45) is -0.801. The number of benzene rings is 2. The molecule has 2 amide bonds. The van der Waals surface area contributed by atoms with Crippen LogP contribution in [0.3, 0.4) is 0 Å². The Labute approximate surface area is 146 Å². The summed E-state index contributed by atoms with van der Waals surface area (Å²) in [5, 5.41) is 15.1. The van der Waals surface area contributed by atoms with Gasteiger partial charge in [0.05, 0.1) is 17.9 Å². The molecule has 0 aliphatic carbocycles. The van der Waals surface area contributed by atoms with E-state index in [1.165, 1.54) is 12.1 Å². The van der Waals surface area contributed by atoms with E-state index >= 15 is 0 Å². The largest absolute Gasteiger partial charge is 0.491 e. The predicted molar refractivity (Wildman–Crippen MR) is 95.3 cm³/mol. The van der Waals surface area contributed by atoms with Crippen molar-refractivity contribution in [2.75, 3.05) is 11.9 Å². The van der Waals surface area contributed by atoms with Gasteiger partial charge in [-0.2, -0.15) is 0 Å². The number of aliphatic hydroxyl groups is 1. The molecule has 0 aliphatic heterocycles. The Morgan fingerprint density at radius 1 is 1.20 bits per heavy atom. The first-order valence-electron chi connectivity index (χ1n) is 8.11. The van der Waals surface area contributed by atoms with E-state index in [9.17, 15) is 14.3 Å². The van der Waals surface area contributed by atoms with Gasteiger partial charge in [0.25, 0.3) is 0 Å². The van der Waals surface area contributed by atoms with Gasteiger partial charge in [-0.1, -0.05) is 18.2 Å². The zero-order valence-corrected chi connectivity index (χ0v) is 14.5. The molecule has 0 spiro atoms. The van der Waals surface area contributed by atoms with Crippen LogP contribution in [0.5, 0.6) is 5.75 Å². The first kappa shape index (κ1) is 18.7. The average molecular weight is 346 g/mol. The van der Waals surface area contributed by atoms with E-state index < -0.39 is 18.0 Å². The minimum atomic E-state index is -0.873. The van der Waals surface area contributed by atoms with Crippen molar-refractivity contribution in [2.24, 2.45) is 0 Å². The standard InChI is InChI=1S/C19H23FN2O3/c1-12(2)25-15-7-5-14(6-8-15)18(23)11-21-19(24)22-17-9-4-13(3)10-16(17)20/h4-10,12,18,23H,11H2,1-3H3,(H2,21,22,24). The zero-order chi connectivity index (χ0) is 18.4. The molecule has 5 nitrogen and oxygen atoms in total. The second kappa shape index (κ2) is 8.48. The summed E-state index contributed by atoms with van der Waals surface area (Å²) in [6.45, 7) is 5.63. The molecule has 0 saturated carbocycles. The number of aliphatic hydroxyl groups excluding tert-OH is 1. The van der Waals surface area contributed by atoms with Gasteiger partial charge < -0.3 is 20.5 Å². The van der Waals surface area contributed by atoms with E-state index in [4.69, 9.17) is 4.74 Å². The highest BCUT2D eigenvalue weighted by Gasteiger charge is 2.11. The Hall–Kier alpha value is -2.60. The summed E-state index contributed by atoms with van der Waals surface area (Å²) < 4.78 is 19.2. The van der Waals surface area contributed by atoms with Gasteiger partial charge in [0.2, 0.25) is 0 Å². The number of ether oxygens (including phenoxy) is 1. The smallest absolute Gasteiger partial charge is 0.319 e. The van der Waals surface area contributed by atoms with Crippen LogP contribution >= 0.6 is 0 Å². The molecule has 25 heavy (non-hydrogen) atoms. The van der Waals surface area contributed by atoms with Crippen LogP contribution < -0.4 is 15.4 Å². The van der Waals surface area contributed by atoms with Crippen LogP contribution in [0.4, 0.5) is 14.9 Å². The van der Waals surface area contributed by atoms with Gasteiger partial charge in [-0.25, -0.2) is 9.18 Å². The number of carbonyl (C=O) groups is 1. The molecular weight excluding hydrogens is 323 g/mol. The van der Waals surface area contributed by atoms with Gasteiger partial charge >= 0.3 is 6.03 Å². The van der Waals surface area contributed by atoms with E-state index in [1.54, 1.807) is 37.3 Å². The van der Waals surface area contributed by atoms with Crippen LogP contribution in [0.15, 0.2) is 42.5 Å². The number of carbonyl (C=O) groups excluding carboxylic acids is 1. The van der Waals surface area contributed by atoms with Crippen LogP contribution in [0, 0.1) is 12.7 Å². The monoisotopic (exact) mass is 346 g/mol. The Balaban J connectivity index is 1.86. The van der Waals surface area contributed by atoms with E-state index in [0.29, 0.717) is 11.3 Å². The fourth-order valence-corrected chi connectivity index (χ4v) is 2.24. The van der Waals surface area contributed by atoms with E-state index in [-0.39, 0.29) is 18.3 Å². The van der Waals surface area contributed by atoms with Crippen LogP contribution in [-0.4, -0.2) is 23.8 Å². The van der Waals surface area contributed by atoms with Gasteiger partial charge in [-0.3, -0.25) is 0 Å². The van der Waals surface area contributed by atoms with Crippen LogP contribution in [0.2, 0.25) is 0 Å². The van der Waals surface area contributed by atoms with Gasteiger partial charge in [-0.05, 0) is 56.2 Å². The molecule has 0 bridgehead atoms. The highest BCUT2D eigenvalue weighted by molar-refractivity contribution is 5.89. The Kier molecular flexibility index (Phi) is 6.36. The third-order valence-electron chi connectivity index (χ3n) is 3.47. The Morgan fingerprint density at radius 3 is 2.48 bits per heavy atom. The number of nitrogens with one attached hydrogen (secondary N) is 2. The van der Waals surface area contributed by atoms with Crippen LogP contribution in [0.25, 0.3) is 0 Å². The minimum Gasteiger partial charge on any atom is -0.491 e. The second-order valence-corrected chi connectivity index (χ2v) is 6.07. The molecule has 6 heteroatoms. The number of hydrogen-bond acceptors (Lipinski definition) is 3. The molecule has 0 saturated heterocycles. The minimum absolute atomic E-state index is 0.00367. The third kappa shape index (κ3) is 5.76. The van der Waals surface area contributed by atoms with E-state index in [0.717, 1.165) is 5.56 Å². The van der Waals surface area contributed by atoms with Crippen molar-refractivity contribution >= 4 is 11.7 Å². The van der Waals surface area contributed by atoms with Crippen LogP contribution in [-0.2, 0) is 0 Å². The van der Waals surface area contributed by atoms with Crippen molar-refractivity contribution < 1.29 is 19.0 Å². The normalized spacial score (nSPS) is 11.9. The summed E-state index contributed by atoms with van der Waals surface area (Å²) in [5.74, 6) is 0.211. The Bertz CT molecular complexity index is 717. The number of urea groups is 1. The second-order valence-electron chi connectivity index (χ2n) is 6.07. The number of hydrogen-bond donors (Lipinski definition) is 3. The molecule has 2 aromatic rings. The van der Waals surface area contributed by atoms with Gasteiger partial charge in [0.15, 0.2) is 0 Å². The van der Waals surface area contributed by atoms with E-state index in [1.807, 2.05) is 13.8 Å². The fourth-order valence-electron chi connectivity index (χ4n) is 2.24. The lowest BCUT2D eigenvalue weighted by Crippen LogP contribution is -2.32. The summed E-state index contributed by atoms with van der Waals surface area (Å²) in [4.78, 5) is 11.8. The SMILES string of the molecule is Cc1ccc(NC(=O)NCC(O)c2ccc(OC(C)C)cc2)c(F)c1. The van der Waals surface area contributed by atoms with Crippen molar-refractivity contribution in [3.63, 3.8) is 0 Å². The van der Waals surface area contributed by atoms with E-state index in [2.05, 4.69) is 10.6 Å². The molecule has 1 unspecified atom stereocenters. The van der Waals surface area contributed by atoms with Crippen LogP contribution in [0.1, 0.15) is 31.1 Å². The molecule has 0 fully saturated rings. The van der Waals surface area contributed by atoms with Crippen molar-refractivity contribution in [2.45, 2.75) is 33.0 Å². The van der Waals surface area contributed by atoms with Crippen molar-refractivity contribution in [3.8, 4) is 5.75 Å². The number of anilines is 1. The number of amides is 2. The lowest BCUT2D eigenvalue weighted by molar-refractivity contribution is 0.175. The van der Waals surface area contributed by atoms with Gasteiger partial charge in [0, 0.05) is 6.54 Å². The van der Waals surface area contributed by atoms with Crippen molar-refractivity contribution in [3.05, 3.63) is 59.4 Å². The quantitative estimate of drug-likeness (QED) is 0.745. The first-order valence-corrected chi connectivity index (χ1v) is 8.11. The lowest BCUT2D eigenvalue weighted by Gasteiger charge is -2.15. The molecule has 0 aromatic heterocycles. The Morgan fingerprint density at radius 2 is 1.88 bits per heavy atom. The molecule has 0 heterocycles. The van der Waals surface area contributed by atoms with Gasteiger partial charge in [-0.15, -0.1) is 0 Å². The third-order valence-corrected chi connectivity index (χ3v) is 3.47. The predicted octanol–water partition coefficient (Wildman–Crippen LogP) is 3.78. The molecular formula is C19H23FN2O3. The highest BCUT2D eigenvalue weighted by Crippen LogP contribution is 2.19. The summed E-state index contributed by atoms with van der Waals surface area (Å²) >= 11 is 0. The molecule has 3 N–H and O–H groups in total. The topological polar surface area (TPSA) is 70.6 Å². The zero-order valence-electron chi connectivity index (χ0n) is 14.5. The van der Waals surface area contributed by atoms with Gasteiger partial charge in [0.1, 0.15) is 11.6 Å². The number of aryl methyl sites for hydroxylation is 1. The lowest BCUT2D eigenvalue weighted by atomic mass is 10.1. The first-order chi connectivity index (χ1) is 11.8. The summed E-state index contributed by atoms with van der Waals surface area (Å²) in [6, 6.07) is 11.0. The molecule has 2 aromatic carbocycles. The molecule has 0 aliphatic rings. The molecule has 134 valence electrons. The average Bonchev–Trinajstić information content (AvgIpc) is 2.55. The maximum atomic E-state index is 13.7. The number of rotatable bonds is 6. The fraction of sp³-hybridized carbons (Fsp3) is 0.316.